The summed E-state index contributed by atoms with van der Waals surface area (Å²) in [7, 11) is 3.07. The largest absolute Gasteiger partial charge is 0.497 e. The SMILES string of the molecule is C#CCn1c(=NC(=O)c2ccc(OC)cc2OC)sc2c3ccccc3ccc21. The Morgan fingerprint density at radius 3 is 2.72 bits per heavy atom. The van der Waals surface area contributed by atoms with Gasteiger partial charge in [0.2, 0.25) is 0 Å². The normalized spacial score (nSPS) is 11.6. The zero-order valence-corrected chi connectivity index (χ0v) is 16.8. The third-order valence-corrected chi connectivity index (χ3v) is 5.79. The molecule has 0 atom stereocenters. The second-order valence-corrected chi connectivity index (χ2v) is 7.27. The molecule has 1 aromatic heterocycles. The van der Waals surface area contributed by atoms with Crippen molar-refractivity contribution in [3.05, 3.63) is 65.0 Å². The van der Waals surface area contributed by atoms with Crippen LogP contribution >= 0.6 is 11.3 Å². The number of aromatic nitrogens is 1. The monoisotopic (exact) mass is 402 g/mol. The molecule has 0 spiro atoms. The lowest BCUT2D eigenvalue weighted by Gasteiger charge is -2.07. The van der Waals surface area contributed by atoms with Gasteiger partial charge in [-0.15, -0.1) is 6.42 Å². The van der Waals surface area contributed by atoms with Crippen molar-refractivity contribution in [1.29, 1.82) is 0 Å². The van der Waals surface area contributed by atoms with Crippen molar-refractivity contribution in [2.75, 3.05) is 14.2 Å². The fourth-order valence-electron chi connectivity index (χ4n) is 3.25. The van der Waals surface area contributed by atoms with E-state index in [0.29, 0.717) is 28.4 Å². The Bertz CT molecular complexity index is 1340. The molecule has 0 bridgehead atoms. The summed E-state index contributed by atoms with van der Waals surface area (Å²) in [5.41, 5.74) is 1.32. The standard InChI is InChI=1S/C23H18N2O3S/c1-4-13-25-19-12-9-15-7-5-6-8-17(15)21(19)29-23(25)24-22(26)18-11-10-16(27-2)14-20(18)28-3/h1,5-12,14H,13H2,2-3H3. The molecule has 4 rings (SSSR count). The van der Waals surface area contributed by atoms with Gasteiger partial charge in [0, 0.05) is 11.5 Å². The van der Waals surface area contributed by atoms with Crippen LogP contribution in [-0.4, -0.2) is 24.7 Å². The van der Waals surface area contributed by atoms with E-state index >= 15 is 0 Å². The Morgan fingerprint density at radius 1 is 1.14 bits per heavy atom. The van der Waals surface area contributed by atoms with Gasteiger partial charge in [-0.2, -0.15) is 4.99 Å². The Hall–Kier alpha value is -3.56. The van der Waals surface area contributed by atoms with Crippen LogP contribution in [0.25, 0.3) is 21.0 Å². The van der Waals surface area contributed by atoms with E-state index in [1.54, 1.807) is 25.3 Å². The van der Waals surface area contributed by atoms with Crippen molar-refractivity contribution in [3.63, 3.8) is 0 Å². The fraction of sp³-hybridized carbons (Fsp3) is 0.130. The number of thiazole rings is 1. The van der Waals surface area contributed by atoms with E-state index in [1.807, 2.05) is 22.8 Å². The molecule has 0 N–H and O–H groups in total. The summed E-state index contributed by atoms with van der Waals surface area (Å²) in [5.74, 6) is 3.28. The maximum Gasteiger partial charge on any atom is 0.283 e. The number of benzene rings is 3. The molecule has 0 aliphatic carbocycles. The van der Waals surface area contributed by atoms with Crippen LogP contribution in [0.1, 0.15) is 10.4 Å². The Labute approximate surface area is 171 Å². The molecule has 0 unspecified atom stereocenters. The molecule has 4 aromatic rings. The Morgan fingerprint density at radius 2 is 1.97 bits per heavy atom. The molecule has 0 aliphatic heterocycles. The van der Waals surface area contributed by atoms with Gasteiger partial charge in [-0.1, -0.05) is 47.6 Å². The molecule has 3 aromatic carbocycles. The average molecular weight is 402 g/mol. The number of methoxy groups -OCH3 is 2. The minimum absolute atomic E-state index is 0.324. The number of amides is 1. The topological polar surface area (TPSA) is 52.8 Å². The molecular formula is C23H18N2O3S. The third kappa shape index (κ3) is 3.37. The van der Waals surface area contributed by atoms with E-state index in [2.05, 4.69) is 29.1 Å². The number of hydrogen-bond donors (Lipinski definition) is 0. The number of fused-ring (bicyclic) bond motifs is 3. The Balaban J connectivity index is 1.92. The summed E-state index contributed by atoms with van der Waals surface area (Å²) in [6, 6.07) is 17.2. The van der Waals surface area contributed by atoms with Gasteiger partial charge >= 0.3 is 0 Å². The molecule has 144 valence electrons. The molecule has 0 aliphatic rings. The lowest BCUT2D eigenvalue weighted by Crippen LogP contribution is -2.16. The van der Waals surface area contributed by atoms with E-state index in [4.69, 9.17) is 15.9 Å². The van der Waals surface area contributed by atoms with Gasteiger partial charge in [-0.05, 0) is 23.6 Å². The average Bonchev–Trinajstić information content (AvgIpc) is 3.11. The number of rotatable bonds is 4. The zero-order valence-electron chi connectivity index (χ0n) is 16.0. The number of hydrogen-bond acceptors (Lipinski definition) is 4. The molecule has 5 nitrogen and oxygen atoms in total. The van der Waals surface area contributed by atoms with Crippen LogP contribution < -0.4 is 14.3 Å². The van der Waals surface area contributed by atoms with Crippen LogP contribution in [0.5, 0.6) is 11.5 Å². The van der Waals surface area contributed by atoms with Crippen molar-refractivity contribution in [2.45, 2.75) is 6.54 Å². The second kappa shape index (κ2) is 7.82. The first-order chi connectivity index (χ1) is 14.2. The van der Waals surface area contributed by atoms with Crippen LogP contribution in [-0.2, 0) is 6.54 Å². The second-order valence-electron chi connectivity index (χ2n) is 6.29. The van der Waals surface area contributed by atoms with Gasteiger partial charge in [-0.25, -0.2) is 0 Å². The molecule has 29 heavy (non-hydrogen) atoms. The minimum Gasteiger partial charge on any atom is -0.497 e. The maximum atomic E-state index is 12.9. The number of terminal acetylenes is 1. The van der Waals surface area contributed by atoms with Gasteiger partial charge in [0.05, 0.1) is 36.5 Å². The summed E-state index contributed by atoms with van der Waals surface area (Å²) in [4.78, 5) is 17.9. The first-order valence-electron chi connectivity index (χ1n) is 8.92. The van der Waals surface area contributed by atoms with Crippen LogP contribution in [0.15, 0.2) is 59.6 Å². The van der Waals surface area contributed by atoms with Crippen LogP contribution in [0, 0.1) is 12.3 Å². The quantitative estimate of drug-likeness (QED) is 0.480. The van der Waals surface area contributed by atoms with Crippen molar-refractivity contribution in [2.24, 2.45) is 4.99 Å². The van der Waals surface area contributed by atoms with E-state index in [1.165, 1.54) is 18.4 Å². The predicted molar refractivity (Wildman–Crippen MR) is 116 cm³/mol. The highest BCUT2D eigenvalue weighted by Gasteiger charge is 2.15. The highest BCUT2D eigenvalue weighted by atomic mass is 32.1. The van der Waals surface area contributed by atoms with Gasteiger partial charge in [0.1, 0.15) is 11.5 Å². The predicted octanol–water partition coefficient (Wildman–Crippen LogP) is 4.25. The summed E-state index contributed by atoms with van der Waals surface area (Å²) in [6.07, 6.45) is 5.59. The summed E-state index contributed by atoms with van der Waals surface area (Å²) >= 11 is 1.45. The number of ether oxygens (including phenoxy) is 2. The van der Waals surface area contributed by atoms with Crippen molar-refractivity contribution >= 4 is 38.2 Å². The van der Waals surface area contributed by atoms with E-state index in [0.717, 1.165) is 21.0 Å². The van der Waals surface area contributed by atoms with Gasteiger partial charge in [0.15, 0.2) is 4.80 Å². The third-order valence-electron chi connectivity index (χ3n) is 4.66. The van der Waals surface area contributed by atoms with Crippen molar-refractivity contribution in [3.8, 4) is 23.8 Å². The van der Waals surface area contributed by atoms with Crippen molar-refractivity contribution in [1.82, 2.24) is 4.57 Å². The first kappa shape index (κ1) is 18.8. The molecular weight excluding hydrogens is 384 g/mol. The summed E-state index contributed by atoms with van der Waals surface area (Å²) < 4.78 is 13.5. The van der Waals surface area contributed by atoms with Crippen molar-refractivity contribution < 1.29 is 14.3 Å². The van der Waals surface area contributed by atoms with Gasteiger partial charge < -0.3 is 14.0 Å². The summed E-state index contributed by atoms with van der Waals surface area (Å²) in [5, 5.41) is 2.24. The number of carbonyl (C=O) groups excluding carboxylic acids is 1. The van der Waals surface area contributed by atoms with Crippen LogP contribution in [0.2, 0.25) is 0 Å². The Kier molecular flexibility index (Phi) is 5.07. The molecule has 0 fully saturated rings. The zero-order chi connectivity index (χ0) is 20.4. The lowest BCUT2D eigenvalue weighted by molar-refractivity contribution is 0.0995. The first-order valence-corrected chi connectivity index (χ1v) is 9.73. The fourth-order valence-corrected chi connectivity index (χ4v) is 4.41. The van der Waals surface area contributed by atoms with E-state index in [-0.39, 0.29) is 0 Å². The highest BCUT2D eigenvalue weighted by molar-refractivity contribution is 7.17. The maximum absolute atomic E-state index is 12.9. The molecule has 1 heterocycles. The number of nitrogens with zero attached hydrogens (tertiary/aromatic N) is 2. The lowest BCUT2D eigenvalue weighted by atomic mass is 10.1. The van der Waals surface area contributed by atoms with Crippen LogP contribution in [0.3, 0.4) is 0 Å². The molecule has 0 radical (unpaired) electrons. The van der Waals surface area contributed by atoms with Crippen LogP contribution in [0.4, 0.5) is 0 Å². The van der Waals surface area contributed by atoms with Gasteiger partial charge in [-0.3, -0.25) is 4.79 Å². The smallest absolute Gasteiger partial charge is 0.283 e. The molecule has 0 saturated carbocycles. The molecule has 1 amide bonds. The highest BCUT2D eigenvalue weighted by Crippen LogP contribution is 2.28. The number of carbonyl (C=O) groups is 1. The molecule has 0 saturated heterocycles. The van der Waals surface area contributed by atoms with E-state index < -0.39 is 5.91 Å². The van der Waals surface area contributed by atoms with E-state index in [9.17, 15) is 4.79 Å². The van der Waals surface area contributed by atoms with Gasteiger partial charge in [0.25, 0.3) is 5.91 Å². The summed E-state index contributed by atoms with van der Waals surface area (Å²) in [6.45, 7) is 0.324. The molecule has 6 heteroatoms. The minimum atomic E-state index is -0.397.